The fraction of sp³-hybridized carbons (Fsp3) is 0.545. The van der Waals surface area contributed by atoms with Gasteiger partial charge in [0.25, 0.3) is 0 Å². The number of hydrogen-bond donors (Lipinski definition) is 1. The molecular formula is C22H29N5O2. The maximum atomic E-state index is 12.9. The lowest BCUT2D eigenvalue weighted by Crippen LogP contribution is -2.41. The summed E-state index contributed by atoms with van der Waals surface area (Å²) in [7, 11) is 0. The van der Waals surface area contributed by atoms with Gasteiger partial charge in [0.2, 0.25) is 5.91 Å². The topological polar surface area (TPSA) is 75.2 Å². The lowest BCUT2D eigenvalue weighted by Gasteiger charge is -2.34. The minimum Gasteiger partial charge on any atom is -0.376 e. The van der Waals surface area contributed by atoms with Crippen molar-refractivity contribution in [1.82, 2.24) is 14.0 Å². The summed E-state index contributed by atoms with van der Waals surface area (Å²) in [6.45, 7) is 9.54. The molecule has 1 fully saturated rings. The molecule has 0 saturated carbocycles. The predicted octanol–water partition coefficient (Wildman–Crippen LogP) is 2.97. The van der Waals surface area contributed by atoms with E-state index in [2.05, 4.69) is 46.1 Å². The van der Waals surface area contributed by atoms with Crippen LogP contribution in [0.15, 0.2) is 18.3 Å². The third-order valence-electron chi connectivity index (χ3n) is 6.42. The zero-order chi connectivity index (χ0) is 20.5. The van der Waals surface area contributed by atoms with Gasteiger partial charge in [-0.1, -0.05) is 0 Å². The molecule has 2 aromatic heterocycles. The predicted molar refractivity (Wildman–Crippen MR) is 111 cm³/mol. The van der Waals surface area contributed by atoms with Crippen LogP contribution in [0.4, 0.5) is 5.82 Å². The Bertz CT molecular complexity index is 945. The Hall–Kier alpha value is -2.56. The van der Waals surface area contributed by atoms with Crippen molar-refractivity contribution < 1.29 is 9.53 Å². The molecule has 29 heavy (non-hydrogen) atoms. The van der Waals surface area contributed by atoms with E-state index in [0.29, 0.717) is 24.5 Å². The lowest BCUT2D eigenvalue weighted by molar-refractivity contribution is -0.118. The number of rotatable bonds is 5. The second-order valence-corrected chi connectivity index (χ2v) is 8.11. The van der Waals surface area contributed by atoms with E-state index >= 15 is 0 Å². The summed E-state index contributed by atoms with van der Waals surface area (Å²) in [6.07, 6.45) is 4.30. The maximum Gasteiger partial charge on any atom is 0.239 e. The van der Waals surface area contributed by atoms with Crippen LogP contribution in [0, 0.1) is 25.2 Å². The van der Waals surface area contributed by atoms with Gasteiger partial charge < -0.3 is 19.2 Å². The minimum absolute atomic E-state index is 0.0838. The molecule has 0 aliphatic carbocycles. The van der Waals surface area contributed by atoms with Gasteiger partial charge in [-0.05, 0) is 51.3 Å². The summed E-state index contributed by atoms with van der Waals surface area (Å²) in [6, 6.07) is 6.63. The number of anilines is 1. The third kappa shape index (κ3) is 3.70. The average Bonchev–Trinajstić information content (AvgIpc) is 3.42. The average molecular weight is 396 g/mol. The first-order valence-corrected chi connectivity index (χ1v) is 10.4. The first kappa shape index (κ1) is 19.7. The normalized spacial score (nSPS) is 21.7. The summed E-state index contributed by atoms with van der Waals surface area (Å²) >= 11 is 0. The highest BCUT2D eigenvalue weighted by Gasteiger charge is 2.27. The van der Waals surface area contributed by atoms with Crippen LogP contribution in [-0.4, -0.2) is 45.7 Å². The monoisotopic (exact) mass is 395 g/mol. The van der Waals surface area contributed by atoms with Crippen LogP contribution in [0.25, 0.3) is 0 Å². The van der Waals surface area contributed by atoms with Gasteiger partial charge in [-0.25, -0.2) is 0 Å². The number of ether oxygens (including phenoxy) is 1. The van der Waals surface area contributed by atoms with Gasteiger partial charge >= 0.3 is 0 Å². The molecule has 4 heterocycles. The third-order valence-corrected chi connectivity index (χ3v) is 6.42. The largest absolute Gasteiger partial charge is 0.376 e. The number of nitrogens with zero attached hydrogens (tertiary/aromatic N) is 4. The number of nitrogens with one attached hydrogen (secondary N) is 1. The first-order chi connectivity index (χ1) is 14.0. The van der Waals surface area contributed by atoms with E-state index in [1.54, 1.807) is 0 Å². The summed E-state index contributed by atoms with van der Waals surface area (Å²) in [4.78, 5) is 15.1. The van der Waals surface area contributed by atoms with Crippen LogP contribution in [0.2, 0.25) is 0 Å². The Morgan fingerprint density at radius 3 is 2.93 bits per heavy atom. The smallest absolute Gasteiger partial charge is 0.239 e. The molecule has 0 unspecified atom stereocenters. The van der Waals surface area contributed by atoms with Gasteiger partial charge in [0.05, 0.1) is 24.8 Å². The van der Waals surface area contributed by atoms with Gasteiger partial charge in [0.1, 0.15) is 11.9 Å². The Morgan fingerprint density at radius 1 is 1.38 bits per heavy atom. The Kier molecular flexibility index (Phi) is 5.48. The number of carbonyl (C=O) groups is 1. The molecule has 2 aliphatic heterocycles. The van der Waals surface area contributed by atoms with Crippen LogP contribution < -0.4 is 5.32 Å². The first-order valence-electron chi connectivity index (χ1n) is 10.4. The molecule has 2 atom stereocenters. The molecule has 1 saturated heterocycles. The van der Waals surface area contributed by atoms with Crippen molar-refractivity contribution >= 4 is 11.7 Å². The number of amides is 1. The van der Waals surface area contributed by atoms with Crippen LogP contribution >= 0.6 is 0 Å². The van der Waals surface area contributed by atoms with Gasteiger partial charge in [0.15, 0.2) is 0 Å². The van der Waals surface area contributed by atoms with Crippen LogP contribution in [0.5, 0.6) is 0 Å². The SMILES string of the molecule is Cc1c(C#N)c(NC(=O)CN2CCn3cccc3[C@@H]2C)n(C[C@@H]2CCCO2)c1C. The molecule has 0 bridgehead atoms. The Labute approximate surface area is 171 Å². The highest BCUT2D eigenvalue weighted by atomic mass is 16.5. The Morgan fingerprint density at radius 2 is 2.21 bits per heavy atom. The highest BCUT2D eigenvalue weighted by Crippen LogP contribution is 2.29. The second kappa shape index (κ2) is 8.05. The summed E-state index contributed by atoms with van der Waals surface area (Å²) in [5.41, 5.74) is 3.71. The number of hydrogen-bond acceptors (Lipinski definition) is 4. The quantitative estimate of drug-likeness (QED) is 0.845. The van der Waals surface area contributed by atoms with Gasteiger partial charge in [0, 0.05) is 43.3 Å². The van der Waals surface area contributed by atoms with E-state index in [1.165, 1.54) is 5.69 Å². The molecule has 7 nitrogen and oxygen atoms in total. The molecular weight excluding hydrogens is 366 g/mol. The van der Waals surface area contributed by atoms with E-state index in [4.69, 9.17) is 4.74 Å². The van der Waals surface area contributed by atoms with Crippen molar-refractivity contribution in [3.05, 3.63) is 40.8 Å². The summed E-state index contributed by atoms with van der Waals surface area (Å²) in [5.74, 6) is 0.524. The number of nitriles is 1. The molecule has 4 rings (SSSR count). The Balaban J connectivity index is 1.52. The fourth-order valence-corrected chi connectivity index (χ4v) is 4.55. The van der Waals surface area contributed by atoms with Crippen molar-refractivity contribution in [1.29, 1.82) is 5.26 Å². The van der Waals surface area contributed by atoms with Gasteiger partial charge in [-0.15, -0.1) is 0 Å². The van der Waals surface area contributed by atoms with Crippen molar-refractivity contribution in [3.8, 4) is 6.07 Å². The van der Waals surface area contributed by atoms with Crippen molar-refractivity contribution in [2.45, 2.75) is 58.8 Å². The molecule has 0 spiro atoms. The summed E-state index contributed by atoms with van der Waals surface area (Å²) < 4.78 is 10.1. The number of aromatic nitrogens is 2. The van der Waals surface area contributed by atoms with Crippen LogP contribution in [-0.2, 0) is 22.6 Å². The second-order valence-electron chi connectivity index (χ2n) is 8.11. The van der Waals surface area contributed by atoms with E-state index in [1.807, 2.05) is 18.4 Å². The fourth-order valence-electron chi connectivity index (χ4n) is 4.55. The van der Waals surface area contributed by atoms with E-state index < -0.39 is 0 Å². The molecule has 0 aromatic carbocycles. The van der Waals surface area contributed by atoms with Crippen molar-refractivity contribution in [2.75, 3.05) is 25.0 Å². The number of carbonyl (C=O) groups excluding carboxylic acids is 1. The van der Waals surface area contributed by atoms with Gasteiger partial charge in [-0.3, -0.25) is 9.69 Å². The summed E-state index contributed by atoms with van der Waals surface area (Å²) in [5, 5.41) is 12.7. The molecule has 0 radical (unpaired) electrons. The molecule has 2 aliphatic rings. The lowest BCUT2D eigenvalue weighted by atomic mass is 10.1. The zero-order valence-electron chi connectivity index (χ0n) is 17.4. The standard InChI is InChI=1S/C22H29N5O2/c1-15-16(2)27(13-18-6-5-11-29-18)22(19(15)12-23)24-21(28)14-26-10-9-25-8-4-7-20(25)17(26)3/h4,7-8,17-18H,5-6,9-11,13-14H2,1-3H3,(H,24,28)/t17-,18-/m0/s1. The van der Waals surface area contributed by atoms with Crippen molar-refractivity contribution in [3.63, 3.8) is 0 Å². The maximum absolute atomic E-state index is 12.9. The molecule has 1 amide bonds. The molecule has 1 N–H and O–H groups in total. The van der Waals surface area contributed by atoms with Crippen molar-refractivity contribution in [2.24, 2.45) is 0 Å². The molecule has 7 heteroatoms. The highest BCUT2D eigenvalue weighted by molar-refractivity contribution is 5.93. The van der Waals surface area contributed by atoms with Gasteiger partial charge in [-0.2, -0.15) is 5.26 Å². The van der Waals surface area contributed by atoms with E-state index in [9.17, 15) is 10.1 Å². The van der Waals surface area contributed by atoms with Crippen LogP contribution in [0.1, 0.15) is 48.3 Å². The zero-order valence-corrected chi connectivity index (χ0v) is 17.4. The van der Waals surface area contributed by atoms with E-state index in [-0.39, 0.29) is 18.1 Å². The number of fused-ring (bicyclic) bond motifs is 1. The minimum atomic E-state index is -0.0838. The molecule has 2 aromatic rings. The van der Waals surface area contributed by atoms with Crippen LogP contribution in [0.3, 0.4) is 0 Å². The molecule has 154 valence electrons. The van der Waals surface area contributed by atoms with E-state index in [0.717, 1.165) is 43.8 Å².